The first-order valence-corrected chi connectivity index (χ1v) is 10.4. The number of benzene rings is 3. The molecule has 4 rings (SSSR count). The number of fused-ring (bicyclic) bond motifs is 1. The lowest BCUT2D eigenvalue weighted by atomic mass is 9.86. The molecule has 3 nitrogen and oxygen atoms in total. The molecule has 0 fully saturated rings. The summed E-state index contributed by atoms with van der Waals surface area (Å²) in [7, 11) is 0. The van der Waals surface area contributed by atoms with Crippen LogP contribution in [0.3, 0.4) is 0 Å². The van der Waals surface area contributed by atoms with Gasteiger partial charge in [-0.2, -0.15) is 0 Å². The second-order valence-corrected chi connectivity index (χ2v) is 8.59. The average Bonchev–Trinajstić information content (AvgIpc) is 3.06. The lowest BCUT2D eigenvalue weighted by molar-refractivity contribution is 0.101. The van der Waals surface area contributed by atoms with E-state index in [4.69, 9.17) is 9.47 Å². The van der Waals surface area contributed by atoms with Crippen molar-refractivity contribution >= 4 is 17.9 Å². The second kappa shape index (κ2) is 8.65. The molecule has 3 heteroatoms. The van der Waals surface area contributed by atoms with Crippen molar-refractivity contribution < 1.29 is 14.3 Å². The summed E-state index contributed by atoms with van der Waals surface area (Å²) in [5.74, 6) is 1.43. The van der Waals surface area contributed by atoms with Crippen molar-refractivity contribution in [2.24, 2.45) is 0 Å². The van der Waals surface area contributed by atoms with Crippen molar-refractivity contribution in [3.05, 3.63) is 107 Å². The SMILES string of the molecule is CC(C)(C)c1ccc(C=C2Oc3cc(OCC=Cc4ccccc4)ccc3C2=O)cc1. The normalized spacial score (nSPS) is 14.7. The molecule has 1 aliphatic heterocycles. The molecule has 0 spiro atoms. The molecule has 1 heterocycles. The van der Waals surface area contributed by atoms with Crippen LogP contribution in [-0.2, 0) is 5.41 Å². The molecule has 0 radical (unpaired) electrons. The fraction of sp³-hybridized carbons (Fsp3) is 0.179. The summed E-state index contributed by atoms with van der Waals surface area (Å²) in [4.78, 5) is 12.7. The number of Topliss-reactive ketones (excluding diaryl/α,β-unsaturated/α-hetero) is 1. The predicted molar refractivity (Wildman–Crippen MR) is 125 cm³/mol. The minimum absolute atomic E-state index is 0.0915. The summed E-state index contributed by atoms with van der Waals surface area (Å²) in [5, 5.41) is 0. The first kappa shape index (κ1) is 20.7. The topological polar surface area (TPSA) is 35.5 Å². The Hall–Kier alpha value is -3.59. The van der Waals surface area contributed by atoms with Crippen LogP contribution >= 0.6 is 0 Å². The summed E-state index contributed by atoms with van der Waals surface area (Å²) in [6.07, 6.45) is 5.76. The minimum Gasteiger partial charge on any atom is -0.489 e. The lowest BCUT2D eigenvalue weighted by Gasteiger charge is -2.18. The van der Waals surface area contributed by atoms with E-state index < -0.39 is 0 Å². The van der Waals surface area contributed by atoms with Crippen LogP contribution in [0.15, 0.2) is 84.6 Å². The first-order chi connectivity index (χ1) is 14.9. The zero-order valence-electron chi connectivity index (χ0n) is 18.1. The van der Waals surface area contributed by atoms with E-state index >= 15 is 0 Å². The number of rotatable bonds is 5. The van der Waals surface area contributed by atoms with Gasteiger partial charge in [0.2, 0.25) is 5.78 Å². The number of ether oxygens (including phenoxy) is 2. The van der Waals surface area contributed by atoms with Crippen LogP contribution in [0.25, 0.3) is 12.2 Å². The van der Waals surface area contributed by atoms with Gasteiger partial charge in [0.1, 0.15) is 18.1 Å². The number of carbonyl (C=O) groups excluding carboxylic acids is 1. The quantitative estimate of drug-likeness (QED) is 0.440. The number of ketones is 1. The monoisotopic (exact) mass is 410 g/mol. The summed E-state index contributed by atoms with van der Waals surface area (Å²) in [6.45, 7) is 6.97. The Labute approximate surface area is 183 Å². The highest BCUT2D eigenvalue weighted by molar-refractivity contribution is 6.14. The van der Waals surface area contributed by atoms with Crippen LogP contribution in [-0.4, -0.2) is 12.4 Å². The molecule has 0 N–H and O–H groups in total. The van der Waals surface area contributed by atoms with Crippen molar-refractivity contribution in [1.82, 2.24) is 0 Å². The van der Waals surface area contributed by atoms with E-state index in [1.165, 1.54) is 5.56 Å². The molecule has 0 amide bonds. The summed E-state index contributed by atoms with van der Waals surface area (Å²) < 4.78 is 11.6. The fourth-order valence-electron chi connectivity index (χ4n) is 3.38. The molecule has 0 saturated heterocycles. The number of allylic oxidation sites excluding steroid dienone is 1. The molecule has 0 aromatic heterocycles. The van der Waals surface area contributed by atoms with Crippen LogP contribution in [0.4, 0.5) is 0 Å². The van der Waals surface area contributed by atoms with Gasteiger partial charge in [0.25, 0.3) is 0 Å². The van der Waals surface area contributed by atoms with Crippen molar-refractivity contribution in [2.45, 2.75) is 26.2 Å². The molecule has 0 aliphatic carbocycles. The van der Waals surface area contributed by atoms with Gasteiger partial charge in [-0.3, -0.25) is 4.79 Å². The molecule has 0 unspecified atom stereocenters. The Morgan fingerprint density at radius 1 is 0.903 bits per heavy atom. The molecule has 3 aromatic carbocycles. The van der Waals surface area contributed by atoms with E-state index in [1.807, 2.05) is 54.6 Å². The van der Waals surface area contributed by atoms with Crippen LogP contribution < -0.4 is 9.47 Å². The Morgan fingerprint density at radius 2 is 1.65 bits per heavy atom. The van der Waals surface area contributed by atoms with E-state index in [0.29, 0.717) is 29.4 Å². The number of carbonyl (C=O) groups is 1. The Bertz CT molecular complexity index is 1130. The summed E-state index contributed by atoms with van der Waals surface area (Å²) in [6, 6.07) is 23.6. The molecule has 0 atom stereocenters. The molecule has 31 heavy (non-hydrogen) atoms. The van der Waals surface area contributed by atoms with Gasteiger partial charge in [-0.05, 0) is 46.4 Å². The van der Waals surface area contributed by atoms with Crippen molar-refractivity contribution in [1.29, 1.82) is 0 Å². The van der Waals surface area contributed by atoms with Crippen LogP contribution in [0.5, 0.6) is 11.5 Å². The number of hydrogen-bond donors (Lipinski definition) is 0. The third-order valence-corrected chi connectivity index (χ3v) is 5.17. The van der Waals surface area contributed by atoms with E-state index in [2.05, 4.69) is 32.9 Å². The fourth-order valence-corrected chi connectivity index (χ4v) is 3.38. The van der Waals surface area contributed by atoms with Crippen molar-refractivity contribution in [3.8, 4) is 11.5 Å². The number of hydrogen-bond acceptors (Lipinski definition) is 3. The lowest BCUT2D eigenvalue weighted by Crippen LogP contribution is -2.10. The zero-order chi connectivity index (χ0) is 21.8. The standard InChI is InChI=1S/C28H26O3/c1-28(2,3)22-13-11-21(12-14-22)18-26-27(29)24-16-15-23(19-25(24)31-26)30-17-7-10-20-8-5-4-6-9-20/h4-16,18-19H,17H2,1-3H3. The van der Waals surface area contributed by atoms with E-state index in [1.54, 1.807) is 24.3 Å². The summed E-state index contributed by atoms with van der Waals surface area (Å²) in [5.41, 5.74) is 3.96. The Balaban J connectivity index is 1.43. The van der Waals surface area contributed by atoms with E-state index in [0.717, 1.165) is 11.1 Å². The maximum atomic E-state index is 12.7. The maximum Gasteiger partial charge on any atom is 0.231 e. The van der Waals surface area contributed by atoms with Crippen LogP contribution in [0.2, 0.25) is 0 Å². The Kier molecular flexibility index (Phi) is 5.77. The third kappa shape index (κ3) is 4.95. The minimum atomic E-state index is -0.106. The Morgan fingerprint density at radius 3 is 2.35 bits per heavy atom. The molecular formula is C28H26O3. The highest BCUT2D eigenvalue weighted by Gasteiger charge is 2.27. The van der Waals surface area contributed by atoms with Crippen LogP contribution in [0, 0.1) is 0 Å². The van der Waals surface area contributed by atoms with E-state index in [9.17, 15) is 4.79 Å². The smallest absolute Gasteiger partial charge is 0.231 e. The maximum absolute atomic E-state index is 12.7. The van der Waals surface area contributed by atoms with Gasteiger partial charge in [-0.25, -0.2) is 0 Å². The highest BCUT2D eigenvalue weighted by Crippen LogP contribution is 2.35. The van der Waals surface area contributed by atoms with Gasteiger partial charge in [-0.1, -0.05) is 81.4 Å². The molecule has 0 bridgehead atoms. The van der Waals surface area contributed by atoms with Gasteiger partial charge in [0.05, 0.1) is 5.56 Å². The summed E-state index contributed by atoms with van der Waals surface area (Å²) >= 11 is 0. The van der Waals surface area contributed by atoms with Gasteiger partial charge in [0.15, 0.2) is 5.76 Å². The molecular weight excluding hydrogens is 384 g/mol. The van der Waals surface area contributed by atoms with Crippen molar-refractivity contribution in [2.75, 3.05) is 6.61 Å². The van der Waals surface area contributed by atoms with Gasteiger partial charge >= 0.3 is 0 Å². The van der Waals surface area contributed by atoms with Crippen LogP contribution in [0.1, 0.15) is 47.8 Å². The molecule has 156 valence electrons. The van der Waals surface area contributed by atoms with Crippen molar-refractivity contribution in [3.63, 3.8) is 0 Å². The molecule has 1 aliphatic rings. The van der Waals surface area contributed by atoms with Gasteiger partial charge < -0.3 is 9.47 Å². The molecule has 3 aromatic rings. The zero-order valence-corrected chi connectivity index (χ0v) is 18.1. The average molecular weight is 411 g/mol. The second-order valence-electron chi connectivity index (χ2n) is 8.59. The van der Waals surface area contributed by atoms with Gasteiger partial charge in [0, 0.05) is 6.07 Å². The predicted octanol–water partition coefficient (Wildman–Crippen LogP) is 6.69. The molecule has 0 saturated carbocycles. The third-order valence-electron chi connectivity index (χ3n) is 5.17. The van der Waals surface area contributed by atoms with Gasteiger partial charge in [-0.15, -0.1) is 0 Å². The highest BCUT2D eigenvalue weighted by atomic mass is 16.5. The largest absolute Gasteiger partial charge is 0.489 e. The first-order valence-electron chi connectivity index (χ1n) is 10.4. The van der Waals surface area contributed by atoms with E-state index in [-0.39, 0.29) is 11.2 Å².